The zero-order valence-electron chi connectivity index (χ0n) is 10.2. The maximum Gasteiger partial charge on any atom is 0.221 e. The highest BCUT2D eigenvalue weighted by molar-refractivity contribution is 9.11. The van der Waals surface area contributed by atoms with Gasteiger partial charge in [-0.3, -0.25) is 4.79 Å². The molecular weight excluding hydrogens is 331 g/mol. The van der Waals surface area contributed by atoms with Crippen LogP contribution in [0, 0.1) is 5.82 Å². The largest absolute Gasteiger partial charge is 0.381 e. The third-order valence-electron chi connectivity index (χ3n) is 2.40. The number of carbonyl (C=O) groups excluding carboxylic acids is 1. The monoisotopic (exact) mass is 342 g/mol. The van der Waals surface area contributed by atoms with Gasteiger partial charge in [-0.25, -0.2) is 4.39 Å². The van der Waals surface area contributed by atoms with Crippen LogP contribution in [0.4, 0.5) is 15.8 Å². The quantitative estimate of drug-likeness (QED) is 0.873. The van der Waals surface area contributed by atoms with Crippen LogP contribution < -0.4 is 10.6 Å². The lowest BCUT2D eigenvalue weighted by atomic mass is 10.2. The van der Waals surface area contributed by atoms with E-state index in [0.29, 0.717) is 6.54 Å². The van der Waals surface area contributed by atoms with E-state index < -0.39 is 5.82 Å². The van der Waals surface area contributed by atoms with E-state index >= 15 is 0 Å². The van der Waals surface area contributed by atoms with Crippen LogP contribution in [-0.2, 0) is 11.3 Å². The first-order valence-corrected chi connectivity index (χ1v) is 7.26. The summed E-state index contributed by atoms with van der Waals surface area (Å²) in [7, 11) is 0. The topological polar surface area (TPSA) is 41.1 Å². The number of carbonyl (C=O) groups is 1. The molecule has 0 spiro atoms. The van der Waals surface area contributed by atoms with Gasteiger partial charge in [-0.15, -0.1) is 11.3 Å². The van der Waals surface area contributed by atoms with Crippen molar-refractivity contribution in [3.05, 3.63) is 44.8 Å². The third kappa shape index (κ3) is 4.04. The van der Waals surface area contributed by atoms with Gasteiger partial charge in [0.25, 0.3) is 0 Å². The van der Waals surface area contributed by atoms with Gasteiger partial charge in [-0.2, -0.15) is 0 Å². The van der Waals surface area contributed by atoms with Crippen LogP contribution >= 0.6 is 27.3 Å². The summed E-state index contributed by atoms with van der Waals surface area (Å²) in [5, 5.41) is 7.68. The van der Waals surface area contributed by atoms with Crippen molar-refractivity contribution in [3.8, 4) is 0 Å². The maximum absolute atomic E-state index is 13.4. The average molecular weight is 343 g/mol. The Morgan fingerprint density at radius 3 is 2.84 bits per heavy atom. The number of thiophene rings is 1. The third-order valence-corrected chi connectivity index (χ3v) is 3.95. The Kier molecular flexibility index (Phi) is 4.55. The maximum atomic E-state index is 13.4. The van der Waals surface area contributed by atoms with Crippen molar-refractivity contribution < 1.29 is 9.18 Å². The Bertz CT molecular complexity index is 600. The number of amides is 1. The van der Waals surface area contributed by atoms with E-state index in [1.807, 2.05) is 11.4 Å². The van der Waals surface area contributed by atoms with Gasteiger partial charge < -0.3 is 10.6 Å². The van der Waals surface area contributed by atoms with Crippen LogP contribution in [0.5, 0.6) is 0 Å². The summed E-state index contributed by atoms with van der Waals surface area (Å²) in [5.41, 5.74) is 2.08. The Balaban J connectivity index is 2.06. The van der Waals surface area contributed by atoms with E-state index in [9.17, 15) is 9.18 Å². The highest BCUT2D eigenvalue weighted by Crippen LogP contribution is 2.23. The van der Waals surface area contributed by atoms with Crippen LogP contribution in [0.1, 0.15) is 12.5 Å². The summed E-state index contributed by atoms with van der Waals surface area (Å²) < 4.78 is 14.5. The van der Waals surface area contributed by atoms with Crippen molar-refractivity contribution in [1.82, 2.24) is 0 Å². The molecule has 0 unspecified atom stereocenters. The van der Waals surface area contributed by atoms with Gasteiger partial charge in [0, 0.05) is 19.2 Å². The van der Waals surface area contributed by atoms with Crippen molar-refractivity contribution in [3.63, 3.8) is 0 Å². The summed E-state index contributed by atoms with van der Waals surface area (Å²) in [6, 6.07) is 6.58. The molecule has 1 aromatic heterocycles. The molecule has 0 saturated heterocycles. The molecule has 1 aromatic carbocycles. The Hall–Kier alpha value is -1.40. The van der Waals surface area contributed by atoms with Crippen molar-refractivity contribution in [2.45, 2.75) is 13.5 Å². The molecule has 0 atom stereocenters. The first-order valence-electron chi connectivity index (χ1n) is 5.58. The van der Waals surface area contributed by atoms with E-state index in [-0.39, 0.29) is 11.6 Å². The number of benzene rings is 1. The smallest absolute Gasteiger partial charge is 0.221 e. The summed E-state index contributed by atoms with van der Waals surface area (Å²) in [4.78, 5) is 11.0. The van der Waals surface area contributed by atoms with Crippen LogP contribution in [0.15, 0.2) is 33.4 Å². The van der Waals surface area contributed by atoms with Crippen LogP contribution in [0.3, 0.4) is 0 Å². The van der Waals surface area contributed by atoms with Gasteiger partial charge in [-0.05, 0) is 51.1 Å². The molecule has 0 fully saturated rings. The zero-order chi connectivity index (χ0) is 13.8. The fourth-order valence-electron chi connectivity index (χ4n) is 1.56. The minimum atomic E-state index is -0.445. The second kappa shape index (κ2) is 6.16. The van der Waals surface area contributed by atoms with Crippen molar-refractivity contribution in [1.29, 1.82) is 0 Å². The van der Waals surface area contributed by atoms with Crippen LogP contribution in [0.2, 0.25) is 0 Å². The van der Waals surface area contributed by atoms with Gasteiger partial charge in [0.15, 0.2) is 0 Å². The average Bonchev–Trinajstić information content (AvgIpc) is 2.75. The van der Waals surface area contributed by atoms with Crippen molar-refractivity contribution in [2.75, 3.05) is 10.6 Å². The summed E-state index contributed by atoms with van der Waals surface area (Å²) >= 11 is 5.01. The molecule has 0 aliphatic rings. The molecule has 19 heavy (non-hydrogen) atoms. The van der Waals surface area contributed by atoms with Crippen LogP contribution in [0.25, 0.3) is 0 Å². The van der Waals surface area contributed by atoms with Crippen molar-refractivity contribution >= 4 is 44.5 Å². The van der Waals surface area contributed by atoms with E-state index in [4.69, 9.17) is 0 Å². The number of nitrogens with one attached hydrogen (secondary N) is 2. The molecule has 100 valence electrons. The van der Waals surface area contributed by atoms with E-state index in [2.05, 4.69) is 26.6 Å². The fourth-order valence-corrected chi connectivity index (χ4v) is 2.77. The molecule has 0 aliphatic carbocycles. The second-order valence-electron chi connectivity index (χ2n) is 3.99. The number of halogens is 2. The molecule has 1 heterocycles. The molecule has 0 aliphatic heterocycles. The highest BCUT2D eigenvalue weighted by Gasteiger charge is 2.05. The molecule has 1 amide bonds. The number of hydrogen-bond acceptors (Lipinski definition) is 3. The Labute approximate surface area is 123 Å². The molecule has 0 radical (unpaired) electrons. The predicted octanol–water partition coefficient (Wildman–Crippen LogP) is 4.22. The predicted molar refractivity (Wildman–Crippen MR) is 80.0 cm³/mol. The molecule has 0 saturated carbocycles. The minimum absolute atomic E-state index is 0.184. The molecule has 2 rings (SSSR count). The molecule has 2 aromatic rings. The van der Waals surface area contributed by atoms with Gasteiger partial charge in [0.05, 0.1) is 9.47 Å². The number of anilines is 2. The first-order chi connectivity index (χ1) is 9.04. The standard InChI is InChI=1S/C13H12BrFN2OS/c1-8(18)17-12-5-10(2-3-11(12)15)16-6-9-4-13(14)19-7-9/h2-5,7,16H,6H2,1H3,(H,17,18). The molecule has 2 N–H and O–H groups in total. The van der Waals surface area contributed by atoms with Crippen molar-refractivity contribution in [2.24, 2.45) is 0 Å². The highest BCUT2D eigenvalue weighted by atomic mass is 79.9. The van der Waals surface area contributed by atoms with Gasteiger partial charge in [-0.1, -0.05) is 0 Å². The number of rotatable bonds is 4. The second-order valence-corrected chi connectivity index (χ2v) is 6.28. The molecule has 6 heteroatoms. The lowest BCUT2D eigenvalue weighted by Crippen LogP contribution is -2.08. The van der Waals surface area contributed by atoms with E-state index in [1.54, 1.807) is 23.5 Å². The normalized spacial score (nSPS) is 10.3. The SMILES string of the molecule is CC(=O)Nc1cc(NCc2csc(Br)c2)ccc1F. The molecule has 3 nitrogen and oxygen atoms in total. The summed E-state index contributed by atoms with van der Waals surface area (Å²) in [5.74, 6) is -0.739. The lowest BCUT2D eigenvalue weighted by molar-refractivity contribution is -0.114. The Morgan fingerprint density at radius 2 is 2.21 bits per heavy atom. The summed E-state index contributed by atoms with van der Waals surface area (Å²) in [6.07, 6.45) is 0. The first kappa shape index (κ1) is 14.0. The van der Waals surface area contributed by atoms with Gasteiger partial charge in [0.1, 0.15) is 5.82 Å². The van der Waals surface area contributed by atoms with Gasteiger partial charge >= 0.3 is 0 Å². The van der Waals surface area contributed by atoms with E-state index in [1.165, 1.54) is 13.0 Å². The van der Waals surface area contributed by atoms with Gasteiger partial charge in [0.2, 0.25) is 5.91 Å². The Morgan fingerprint density at radius 1 is 1.42 bits per heavy atom. The molecule has 0 bridgehead atoms. The zero-order valence-corrected chi connectivity index (χ0v) is 12.6. The number of hydrogen-bond donors (Lipinski definition) is 2. The molecular formula is C13H12BrFN2OS. The lowest BCUT2D eigenvalue weighted by Gasteiger charge is -2.09. The van der Waals surface area contributed by atoms with Crippen LogP contribution in [-0.4, -0.2) is 5.91 Å². The minimum Gasteiger partial charge on any atom is -0.381 e. The summed E-state index contributed by atoms with van der Waals surface area (Å²) in [6.45, 7) is 2.00. The van der Waals surface area contributed by atoms with E-state index in [0.717, 1.165) is 15.0 Å². The fraction of sp³-hybridized carbons (Fsp3) is 0.154.